The second kappa shape index (κ2) is 8.77. The van der Waals surface area contributed by atoms with Crippen LogP contribution in [0.4, 0.5) is 4.39 Å². The molecule has 7 heteroatoms. The van der Waals surface area contributed by atoms with Gasteiger partial charge in [-0.05, 0) is 35.9 Å². The molecule has 28 heavy (non-hydrogen) atoms. The molecule has 144 valence electrons. The zero-order valence-electron chi connectivity index (χ0n) is 14.9. The van der Waals surface area contributed by atoms with E-state index in [1.165, 1.54) is 42.5 Å². The van der Waals surface area contributed by atoms with E-state index in [-0.39, 0.29) is 22.9 Å². The molecule has 0 unspecified atom stereocenters. The van der Waals surface area contributed by atoms with Crippen molar-refractivity contribution >= 4 is 15.9 Å². The highest BCUT2D eigenvalue weighted by Crippen LogP contribution is 2.13. The fourth-order valence-electron chi connectivity index (χ4n) is 2.56. The molecule has 0 fully saturated rings. The summed E-state index contributed by atoms with van der Waals surface area (Å²) in [7, 11) is -3.82. The standard InChI is InChI=1S/C21H19FN2O3S/c22-20-9-5-4-8-18(20)15-24-28(26,27)19-12-10-17(11-13-19)21(25)23-14-16-6-2-1-3-7-16/h1-13,24H,14-15H2,(H,23,25). The van der Waals surface area contributed by atoms with Gasteiger partial charge in [-0.15, -0.1) is 0 Å². The Labute approximate surface area is 163 Å². The van der Waals surface area contributed by atoms with E-state index in [1.54, 1.807) is 6.07 Å². The van der Waals surface area contributed by atoms with Crippen molar-refractivity contribution in [1.29, 1.82) is 0 Å². The second-order valence-electron chi connectivity index (χ2n) is 6.11. The molecule has 2 N–H and O–H groups in total. The molecule has 3 rings (SSSR count). The molecule has 3 aromatic rings. The Kier molecular flexibility index (Phi) is 6.18. The van der Waals surface area contributed by atoms with Crippen LogP contribution in [-0.4, -0.2) is 14.3 Å². The zero-order valence-corrected chi connectivity index (χ0v) is 15.7. The molecule has 0 aliphatic heterocycles. The predicted octanol–water partition coefficient (Wildman–Crippen LogP) is 3.23. The number of benzene rings is 3. The molecule has 0 spiro atoms. The number of carbonyl (C=O) groups is 1. The normalized spacial score (nSPS) is 11.2. The lowest BCUT2D eigenvalue weighted by Gasteiger charge is -2.09. The van der Waals surface area contributed by atoms with Gasteiger partial charge in [0.25, 0.3) is 5.91 Å². The molecular formula is C21H19FN2O3S. The van der Waals surface area contributed by atoms with Crippen LogP contribution in [0.3, 0.4) is 0 Å². The number of hydrogen-bond donors (Lipinski definition) is 2. The van der Waals surface area contributed by atoms with Crippen molar-refractivity contribution in [3.8, 4) is 0 Å². The summed E-state index contributed by atoms with van der Waals surface area (Å²) in [6, 6.07) is 21.0. The minimum atomic E-state index is -3.82. The average Bonchev–Trinajstić information content (AvgIpc) is 2.72. The lowest BCUT2D eigenvalue weighted by molar-refractivity contribution is 0.0951. The van der Waals surface area contributed by atoms with Crippen LogP contribution < -0.4 is 10.0 Å². The van der Waals surface area contributed by atoms with Gasteiger partial charge in [-0.25, -0.2) is 17.5 Å². The number of rotatable bonds is 7. The first-order valence-corrected chi connectivity index (χ1v) is 10.1. The predicted molar refractivity (Wildman–Crippen MR) is 104 cm³/mol. The fraction of sp³-hybridized carbons (Fsp3) is 0.0952. The van der Waals surface area contributed by atoms with E-state index >= 15 is 0 Å². The summed E-state index contributed by atoms with van der Waals surface area (Å²) in [6.45, 7) is 0.220. The van der Waals surface area contributed by atoms with Crippen LogP contribution in [-0.2, 0) is 23.1 Å². The Morgan fingerprint density at radius 3 is 2.14 bits per heavy atom. The number of halogens is 1. The highest BCUT2D eigenvalue weighted by atomic mass is 32.2. The Bertz CT molecular complexity index is 1050. The van der Waals surface area contributed by atoms with Gasteiger partial charge < -0.3 is 5.32 Å². The number of sulfonamides is 1. The molecule has 0 radical (unpaired) electrons. The third kappa shape index (κ3) is 5.03. The molecule has 0 bridgehead atoms. The summed E-state index contributed by atoms with van der Waals surface area (Å²) in [4.78, 5) is 12.2. The van der Waals surface area contributed by atoms with Crippen molar-refractivity contribution in [1.82, 2.24) is 10.0 Å². The highest BCUT2D eigenvalue weighted by molar-refractivity contribution is 7.89. The van der Waals surface area contributed by atoms with Gasteiger partial charge in [-0.1, -0.05) is 48.5 Å². The van der Waals surface area contributed by atoms with E-state index in [2.05, 4.69) is 10.0 Å². The Balaban J connectivity index is 1.62. The number of carbonyl (C=O) groups excluding carboxylic acids is 1. The largest absolute Gasteiger partial charge is 0.348 e. The summed E-state index contributed by atoms with van der Waals surface area (Å²) in [6.07, 6.45) is 0. The van der Waals surface area contributed by atoms with Crippen molar-refractivity contribution < 1.29 is 17.6 Å². The Morgan fingerprint density at radius 2 is 1.46 bits per heavy atom. The van der Waals surface area contributed by atoms with E-state index < -0.39 is 15.8 Å². The summed E-state index contributed by atoms with van der Waals surface area (Å²) in [5, 5.41) is 2.78. The first-order chi connectivity index (χ1) is 13.5. The average molecular weight is 398 g/mol. The van der Waals surface area contributed by atoms with Crippen LogP contribution in [0.5, 0.6) is 0 Å². The minimum Gasteiger partial charge on any atom is -0.348 e. The van der Waals surface area contributed by atoms with E-state index in [0.29, 0.717) is 12.1 Å². The SMILES string of the molecule is O=C(NCc1ccccc1)c1ccc(S(=O)(=O)NCc2ccccc2F)cc1. The fourth-order valence-corrected chi connectivity index (χ4v) is 3.57. The van der Waals surface area contributed by atoms with Crippen molar-refractivity contribution in [2.24, 2.45) is 0 Å². The number of nitrogens with one attached hydrogen (secondary N) is 2. The second-order valence-corrected chi connectivity index (χ2v) is 7.88. The van der Waals surface area contributed by atoms with Gasteiger partial charge in [-0.3, -0.25) is 4.79 Å². The number of hydrogen-bond acceptors (Lipinski definition) is 3. The summed E-state index contributed by atoms with van der Waals surface area (Å²) >= 11 is 0. The lowest BCUT2D eigenvalue weighted by Crippen LogP contribution is -2.25. The molecule has 1 amide bonds. The Hall–Kier alpha value is -3.03. The third-order valence-electron chi connectivity index (χ3n) is 4.13. The van der Waals surface area contributed by atoms with E-state index in [4.69, 9.17) is 0 Å². The molecule has 5 nitrogen and oxygen atoms in total. The smallest absolute Gasteiger partial charge is 0.251 e. The Morgan fingerprint density at radius 1 is 0.821 bits per heavy atom. The van der Waals surface area contributed by atoms with Crippen LogP contribution >= 0.6 is 0 Å². The van der Waals surface area contributed by atoms with E-state index in [9.17, 15) is 17.6 Å². The maximum atomic E-state index is 13.6. The maximum Gasteiger partial charge on any atom is 0.251 e. The summed E-state index contributed by atoms with van der Waals surface area (Å²) in [5.74, 6) is -0.775. The van der Waals surface area contributed by atoms with Crippen molar-refractivity contribution in [3.05, 3.63) is 101 Å². The first kappa shape index (κ1) is 19.7. The van der Waals surface area contributed by atoms with Gasteiger partial charge in [0.15, 0.2) is 0 Å². The van der Waals surface area contributed by atoms with Crippen LogP contribution in [0, 0.1) is 5.82 Å². The molecule has 3 aromatic carbocycles. The van der Waals surface area contributed by atoms with Crippen molar-refractivity contribution in [2.45, 2.75) is 18.0 Å². The topological polar surface area (TPSA) is 75.3 Å². The van der Waals surface area contributed by atoms with Crippen molar-refractivity contribution in [2.75, 3.05) is 0 Å². The molecule has 0 saturated heterocycles. The summed E-state index contributed by atoms with van der Waals surface area (Å²) in [5.41, 5.74) is 1.57. The van der Waals surface area contributed by atoms with Crippen LogP contribution in [0.2, 0.25) is 0 Å². The van der Waals surface area contributed by atoms with Gasteiger partial charge in [0.05, 0.1) is 4.90 Å². The van der Waals surface area contributed by atoms with Crippen LogP contribution in [0.25, 0.3) is 0 Å². The van der Waals surface area contributed by atoms with E-state index in [0.717, 1.165) is 5.56 Å². The molecule has 0 heterocycles. The maximum absolute atomic E-state index is 13.6. The first-order valence-electron chi connectivity index (χ1n) is 8.61. The van der Waals surface area contributed by atoms with Gasteiger partial charge in [0.1, 0.15) is 5.82 Å². The molecular weight excluding hydrogens is 379 g/mol. The molecule has 0 aliphatic rings. The summed E-state index contributed by atoms with van der Waals surface area (Å²) < 4.78 is 40.7. The molecule has 0 saturated carbocycles. The zero-order chi connectivity index (χ0) is 20.0. The van der Waals surface area contributed by atoms with Gasteiger partial charge in [0.2, 0.25) is 10.0 Å². The third-order valence-corrected chi connectivity index (χ3v) is 5.55. The molecule has 0 aromatic heterocycles. The van der Waals surface area contributed by atoms with Gasteiger partial charge >= 0.3 is 0 Å². The number of amides is 1. The van der Waals surface area contributed by atoms with Crippen LogP contribution in [0.1, 0.15) is 21.5 Å². The monoisotopic (exact) mass is 398 g/mol. The highest BCUT2D eigenvalue weighted by Gasteiger charge is 2.15. The van der Waals surface area contributed by atoms with Gasteiger partial charge in [0, 0.05) is 24.2 Å². The van der Waals surface area contributed by atoms with Crippen LogP contribution in [0.15, 0.2) is 83.8 Å². The molecule has 0 aliphatic carbocycles. The van der Waals surface area contributed by atoms with E-state index in [1.807, 2.05) is 30.3 Å². The minimum absolute atomic E-state index is 0.00319. The molecule has 0 atom stereocenters. The van der Waals surface area contributed by atoms with Gasteiger partial charge in [-0.2, -0.15) is 0 Å². The quantitative estimate of drug-likeness (QED) is 0.642. The lowest BCUT2D eigenvalue weighted by atomic mass is 10.2. The van der Waals surface area contributed by atoms with Crippen molar-refractivity contribution in [3.63, 3.8) is 0 Å².